The van der Waals surface area contributed by atoms with Gasteiger partial charge in [0.05, 0.1) is 17.5 Å². The minimum absolute atomic E-state index is 0.0128. The molecule has 1 spiro atoms. The molecule has 1 amide bonds. The molecule has 3 aromatic rings. The number of nitrogens with two attached hydrogens (primary N) is 1. The maximum absolute atomic E-state index is 13.5. The monoisotopic (exact) mass is 597 g/mol. The van der Waals surface area contributed by atoms with Crippen LogP contribution in [0.25, 0.3) is 11.3 Å². The molecule has 0 saturated heterocycles. The lowest BCUT2D eigenvalue weighted by atomic mass is 9.92. The first-order valence-electron chi connectivity index (χ1n) is 14.2. The second kappa shape index (κ2) is 12.1. The smallest absolute Gasteiger partial charge is 0.399 e. The Hall–Kier alpha value is -4.39. The Morgan fingerprint density at radius 3 is 2.51 bits per heavy atom. The van der Waals surface area contributed by atoms with Crippen molar-refractivity contribution in [1.82, 2.24) is 20.3 Å². The van der Waals surface area contributed by atoms with Crippen LogP contribution in [0.3, 0.4) is 0 Å². The van der Waals surface area contributed by atoms with Gasteiger partial charge in [0.1, 0.15) is 6.54 Å². The molecule has 13 heteroatoms. The number of hydroxylamine groups is 1. The SMILES string of the molecule is CC(C)Nc1ncc(-c2cc(N)cc(C(F)(F)F)c2)n(CC(=O)NCc2ccc(C3=NC4(CCCCC4)ON3)cc2)c1=O. The Labute approximate surface area is 246 Å². The van der Waals surface area contributed by atoms with Gasteiger partial charge >= 0.3 is 6.18 Å². The molecule has 0 atom stereocenters. The van der Waals surface area contributed by atoms with E-state index in [4.69, 9.17) is 15.6 Å². The zero-order valence-corrected chi connectivity index (χ0v) is 23.9. The molecule has 1 aromatic heterocycles. The summed E-state index contributed by atoms with van der Waals surface area (Å²) >= 11 is 0. The van der Waals surface area contributed by atoms with E-state index in [1.54, 1.807) is 13.8 Å². The number of carbonyl (C=O) groups is 1. The van der Waals surface area contributed by atoms with Gasteiger partial charge in [-0.3, -0.25) is 14.2 Å². The van der Waals surface area contributed by atoms with E-state index in [1.807, 2.05) is 24.3 Å². The number of amides is 1. The molecule has 5 rings (SSSR count). The van der Waals surface area contributed by atoms with Crippen molar-refractivity contribution in [2.45, 2.75) is 77.0 Å². The third kappa shape index (κ3) is 6.99. The van der Waals surface area contributed by atoms with E-state index in [2.05, 4.69) is 21.1 Å². The summed E-state index contributed by atoms with van der Waals surface area (Å²) < 4.78 is 41.6. The fraction of sp³-hybridized carbons (Fsp3) is 0.400. The number of anilines is 2. The minimum atomic E-state index is -4.65. The molecule has 1 aliphatic heterocycles. The second-order valence-electron chi connectivity index (χ2n) is 11.2. The summed E-state index contributed by atoms with van der Waals surface area (Å²) in [6, 6.07) is 10.3. The first-order valence-corrected chi connectivity index (χ1v) is 14.2. The van der Waals surface area contributed by atoms with Gasteiger partial charge < -0.3 is 16.4 Å². The van der Waals surface area contributed by atoms with E-state index in [-0.39, 0.29) is 35.3 Å². The van der Waals surface area contributed by atoms with E-state index in [9.17, 15) is 22.8 Å². The topological polar surface area (TPSA) is 136 Å². The van der Waals surface area contributed by atoms with Crippen LogP contribution in [-0.4, -0.2) is 33.1 Å². The van der Waals surface area contributed by atoms with Crippen LogP contribution in [0.4, 0.5) is 24.7 Å². The summed E-state index contributed by atoms with van der Waals surface area (Å²) in [5, 5.41) is 5.69. The van der Waals surface area contributed by atoms with Crippen LogP contribution >= 0.6 is 0 Å². The summed E-state index contributed by atoms with van der Waals surface area (Å²) in [6.45, 7) is 3.34. The number of nitrogens with zero attached hydrogens (tertiary/aromatic N) is 3. The molecular weight excluding hydrogens is 563 g/mol. The number of nitrogen functional groups attached to an aromatic ring is 1. The third-order valence-corrected chi connectivity index (χ3v) is 7.37. The predicted molar refractivity (Wildman–Crippen MR) is 157 cm³/mol. The molecule has 0 unspecified atom stereocenters. The molecule has 228 valence electrons. The maximum atomic E-state index is 13.5. The largest absolute Gasteiger partial charge is 0.416 e. The van der Waals surface area contributed by atoms with Gasteiger partial charge in [-0.05, 0) is 63.3 Å². The Kier molecular flexibility index (Phi) is 8.45. The second-order valence-corrected chi connectivity index (χ2v) is 11.2. The molecular formula is C30H34F3N7O3. The number of halogens is 3. The van der Waals surface area contributed by atoms with Crippen molar-refractivity contribution in [2.24, 2.45) is 4.99 Å². The predicted octanol–water partition coefficient (Wildman–Crippen LogP) is 4.59. The van der Waals surface area contributed by atoms with Crippen LogP contribution in [0.1, 0.15) is 62.6 Å². The highest BCUT2D eigenvalue weighted by Crippen LogP contribution is 2.36. The van der Waals surface area contributed by atoms with E-state index in [1.165, 1.54) is 18.7 Å². The molecule has 2 aliphatic rings. The van der Waals surface area contributed by atoms with Crippen LogP contribution in [-0.2, 0) is 28.9 Å². The van der Waals surface area contributed by atoms with Crippen molar-refractivity contribution >= 4 is 23.2 Å². The van der Waals surface area contributed by atoms with Gasteiger partial charge in [-0.1, -0.05) is 30.7 Å². The minimum Gasteiger partial charge on any atom is -0.399 e. The van der Waals surface area contributed by atoms with Crippen LogP contribution in [0.15, 0.2) is 58.4 Å². The number of aromatic nitrogens is 2. The fourth-order valence-corrected chi connectivity index (χ4v) is 5.23. The van der Waals surface area contributed by atoms with Gasteiger partial charge in [-0.25, -0.2) is 20.3 Å². The van der Waals surface area contributed by atoms with Gasteiger partial charge in [-0.15, -0.1) is 0 Å². The van der Waals surface area contributed by atoms with Gasteiger partial charge in [0.15, 0.2) is 17.4 Å². The van der Waals surface area contributed by atoms with Crippen LogP contribution in [0, 0.1) is 0 Å². The van der Waals surface area contributed by atoms with Crippen molar-refractivity contribution in [1.29, 1.82) is 0 Å². The number of hydrogen-bond donors (Lipinski definition) is 4. The summed E-state index contributed by atoms with van der Waals surface area (Å²) in [4.78, 5) is 41.1. The van der Waals surface area contributed by atoms with Crippen molar-refractivity contribution < 1.29 is 22.8 Å². The zero-order valence-electron chi connectivity index (χ0n) is 23.9. The summed E-state index contributed by atoms with van der Waals surface area (Å²) in [5.74, 6) is 0.135. The molecule has 1 saturated carbocycles. The normalized spacial score (nSPS) is 16.2. The summed E-state index contributed by atoms with van der Waals surface area (Å²) in [7, 11) is 0. The number of hydrogen-bond acceptors (Lipinski definition) is 8. The van der Waals surface area contributed by atoms with Crippen molar-refractivity contribution in [2.75, 3.05) is 11.1 Å². The van der Waals surface area contributed by atoms with Crippen LogP contribution in [0.5, 0.6) is 0 Å². The quantitative estimate of drug-likeness (QED) is 0.279. The Morgan fingerprint density at radius 2 is 1.84 bits per heavy atom. The average Bonchev–Trinajstić information content (AvgIpc) is 3.36. The van der Waals surface area contributed by atoms with Crippen molar-refractivity contribution in [3.8, 4) is 11.3 Å². The molecule has 43 heavy (non-hydrogen) atoms. The van der Waals surface area contributed by atoms with E-state index in [0.717, 1.165) is 53.5 Å². The molecule has 2 heterocycles. The highest BCUT2D eigenvalue weighted by Gasteiger charge is 2.38. The first-order chi connectivity index (χ1) is 20.4. The number of benzene rings is 2. The number of alkyl halides is 3. The van der Waals surface area contributed by atoms with E-state index < -0.39 is 35.5 Å². The highest BCUT2D eigenvalue weighted by molar-refractivity contribution is 5.99. The van der Waals surface area contributed by atoms with Gasteiger partial charge in [0.2, 0.25) is 5.91 Å². The molecule has 0 radical (unpaired) electrons. The van der Waals surface area contributed by atoms with Gasteiger partial charge in [0.25, 0.3) is 5.56 Å². The van der Waals surface area contributed by atoms with Crippen LogP contribution in [0.2, 0.25) is 0 Å². The van der Waals surface area contributed by atoms with Gasteiger partial charge in [-0.2, -0.15) is 13.2 Å². The number of rotatable bonds is 8. The highest BCUT2D eigenvalue weighted by atomic mass is 19.4. The number of carbonyl (C=O) groups excluding carboxylic acids is 1. The summed E-state index contributed by atoms with van der Waals surface area (Å²) in [6.07, 6.45) is 1.70. The standard InChI is InChI=1S/C30H34F3N7O3/c1-18(2)37-27-28(42)40(24(16-36-27)21-12-22(30(31,32)33)14-23(34)13-21)17-25(41)35-15-19-6-8-20(9-7-19)26-38-29(43-39-26)10-4-3-5-11-29/h6-9,12-14,16,18H,3-5,10-11,15,17,34H2,1-2H3,(H,35,41)(H,36,37)(H,38,39). The average molecular weight is 598 g/mol. The van der Waals surface area contributed by atoms with Crippen molar-refractivity contribution in [3.05, 3.63) is 75.7 Å². The van der Waals surface area contributed by atoms with Gasteiger partial charge in [0, 0.05) is 29.4 Å². The number of amidine groups is 1. The maximum Gasteiger partial charge on any atom is 0.416 e. The van der Waals surface area contributed by atoms with E-state index in [0.29, 0.717) is 5.84 Å². The van der Waals surface area contributed by atoms with E-state index >= 15 is 0 Å². The lowest BCUT2D eigenvalue weighted by Crippen LogP contribution is -2.35. The first kappa shape index (κ1) is 30.1. The lowest BCUT2D eigenvalue weighted by molar-refractivity contribution is -0.137. The molecule has 5 N–H and O–H groups in total. The Morgan fingerprint density at radius 1 is 1.12 bits per heavy atom. The Bertz CT molecular complexity index is 1580. The molecule has 10 nitrogen and oxygen atoms in total. The molecule has 2 aromatic carbocycles. The van der Waals surface area contributed by atoms with Crippen LogP contribution < -0.4 is 27.4 Å². The zero-order chi connectivity index (χ0) is 30.8. The summed E-state index contributed by atoms with van der Waals surface area (Å²) in [5.41, 5.74) is 8.16. The van der Waals surface area contributed by atoms with Crippen molar-refractivity contribution in [3.63, 3.8) is 0 Å². The number of aliphatic imine (C=N–C) groups is 1. The Balaban J connectivity index is 1.33. The lowest BCUT2D eigenvalue weighted by Gasteiger charge is -2.27. The molecule has 1 fully saturated rings. The number of nitrogens with one attached hydrogen (secondary N) is 3. The molecule has 1 aliphatic carbocycles. The molecule has 0 bridgehead atoms. The third-order valence-electron chi connectivity index (χ3n) is 7.37. The fourth-order valence-electron chi connectivity index (χ4n) is 5.23.